The summed E-state index contributed by atoms with van der Waals surface area (Å²) < 4.78 is 66.7. The molecular weight excluding hydrogens is 574 g/mol. The zero-order chi connectivity index (χ0) is 31.1. The van der Waals surface area contributed by atoms with E-state index in [-0.39, 0.29) is 24.1 Å². The number of halogens is 4. The molecule has 0 radical (unpaired) electrons. The SMILES string of the molecule is CC(F)(F)CN1CCc2cc(OCc3ccccc3)ccc2C1c1c(F)cc(N2CCCC3(CN(CC(=O)O)C3)C2)cc1F. The van der Waals surface area contributed by atoms with Crippen LogP contribution in [-0.2, 0) is 17.8 Å². The van der Waals surface area contributed by atoms with E-state index in [0.717, 1.165) is 30.9 Å². The molecule has 1 N–H and O–H groups in total. The van der Waals surface area contributed by atoms with Crippen molar-refractivity contribution in [2.24, 2.45) is 5.41 Å². The summed E-state index contributed by atoms with van der Waals surface area (Å²) in [5, 5.41) is 9.10. The maximum Gasteiger partial charge on any atom is 0.317 e. The van der Waals surface area contributed by atoms with Gasteiger partial charge in [-0.2, -0.15) is 0 Å². The molecule has 234 valence electrons. The van der Waals surface area contributed by atoms with Gasteiger partial charge in [0.05, 0.1) is 19.1 Å². The van der Waals surface area contributed by atoms with Gasteiger partial charge >= 0.3 is 5.97 Å². The molecule has 3 aromatic carbocycles. The van der Waals surface area contributed by atoms with Crippen molar-refractivity contribution in [3.05, 3.63) is 94.6 Å². The van der Waals surface area contributed by atoms with Gasteiger partial charge in [0, 0.05) is 56.3 Å². The molecule has 3 aromatic rings. The highest BCUT2D eigenvalue weighted by Gasteiger charge is 2.46. The third-order valence-corrected chi connectivity index (χ3v) is 9.01. The second-order valence-electron chi connectivity index (χ2n) is 12.7. The first-order valence-corrected chi connectivity index (χ1v) is 15.1. The van der Waals surface area contributed by atoms with Crippen molar-refractivity contribution < 1.29 is 32.2 Å². The first-order valence-electron chi connectivity index (χ1n) is 15.1. The van der Waals surface area contributed by atoms with Gasteiger partial charge in [0.1, 0.15) is 24.0 Å². The number of rotatable bonds is 9. The smallest absolute Gasteiger partial charge is 0.317 e. The van der Waals surface area contributed by atoms with Gasteiger partial charge in [0.2, 0.25) is 0 Å². The topological polar surface area (TPSA) is 56.2 Å². The van der Waals surface area contributed by atoms with Crippen molar-refractivity contribution in [1.82, 2.24) is 9.80 Å². The fraction of sp³-hybridized carbons (Fsp3) is 0.441. The van der Waals surface area contributed by atoms with Gasteiger partial charge in [0.15, 0.2) is 0 Å². The highest BCUT2D eigenvalue weighted by molar-refractivity contribution is 5.69. The average Bonchev–Trinajstić information content (AvgIpc) is 2.95. The highest BCUT2D eigenvalue weighted by Crippen LogP contribution is 2.43. The van der Waals surface area contributed by atoms with Crippen molar-refractivity contribution in [3.8, 4) is 5.75 Å². The molecule has 0 aliphatic carbocycles. The Balaban J connectivity index is 1.27. The van der Waals surface area contributed by atoms with Gasteiger partial charge in [-0.05, 0) is 60.2 Å². The summed E-state index contributed by atoms with van der Waals surface area (Å²) in [5.41, 5.74) is 2.47. The number of hydrogen-bond acceptors (Lipinski definition) is 5. The largest absolute Gasteiger partial charge is 0.489 e. The zero-order valence-corrected chi connectivity index (χ0v) is 24.7. The van der Waals surface area contributed by atoms with E-state index < -0.39 is 36.1 Å². The molecular formula is C34H37F4N3O3. The molecule has 1 spiro atoms. The Bertz CT molecular complexity index is 1480. The minimum absolute atomic E-state index is 0.0173. The van der Waals surface area contributed by atoms with Crippen LogP contribution in [0.5, 0.6) is 5.75 Å². The number of piperidine rings is 1. The predicted octanol–water partition coefficient (Wildman–Crippen LogP) is 6.13. The Morgan fingerprint density at radius 3 is 2.43 bits per heavy atom. The molecule has 3 aliphatic rings. The Kier molecular flexibility index (Phi) is 8.32. The minimum atomic E-state index is -3.05. The van der Waals surface area contributed by atoms with Crippen LogP contribution in [0, 0.1) is 17.0 Å². The Labute approximate surface area is 254 Å². The highest BCUT2D eigenvalue weighted by atomic mass is 19.3. The minimum Gasteiger partial charge on any atom is -0.489 e. The Morgan fingerprint density at radius 2 is 1.75 bits per heavy atom. The summed E-state index contributed by atoms with van der Waals surface area (Å²) in [6.45, 7) is 3.22. The lowest BCUT2D eigenvalue weighted by Gasteiger charge is -2.54. The van der Waals surface area contributed by atoms with Gasteiger partial charge in [-0.3, -0.25) is 14.6 Å². The zero-order valence-electron chi connectivity index (χ0n) is 24.7. The summed E-state index contributed by atoms with van der Waals surface area (Å²) in [5.74, 6) is -4.86. The van der Waals surface area contributed by atoms with E-state index in [1.807, 2.05) is 46.2 Å². The standard InChI is InChI=1S/C34H37F4N3O3/c1-33(37,38)19-41-13-10-24-14-26(44-18-23-6-3-2-4-7-23)8-9-27(24)32(41)31-28(35)15-25(16-29(31)36)40-12-5-11-34(22-40)20-39(21-34)17-30(42)43/h2-4,6-9,14-16,32H,5,10-13,17-22H2,1H3,(H,42,43). The lowest BCUT2D eigenvalue weighted by Crippen LogP contribution is -2.63. The maximum absolute atomic E-state index is 16.1. The van der Waals surface area contributed by atoms with Crippen LogP contribution >= 0.6 is 0 Å². The fourth-order valence-electron chi connectivity index (χ4n) is 7.26. The molecule has 2 fully saturated rings. The molecule has 0 aromatic heterocycles. The molecule has 1 unspecified atom stereocenters. The maximum atomic E-state index is 16.1. The predicted molar refractivity (Wildman–Crippen MR) is 159 cm³/mol. The van der Waals surface area contributed by atoms with E-state index in [4.69, 9.17) is 9.84 Å². The van der Waals surface area contributed by atoms with Crippen LogP contribution < -0.4 is 9.64 Å². The number of benzene rings is 3. The van der Waals surface area contributed by atoms with Crippen LogP contribution in [0.15, 0.2) is 60.7 Å². The number of alkyl halides is 2. The van der Waals surface area contributed by atoms with E-state index in [2.05, 4.69) is 0 Å². The molecule has 6 rings (SSSR count). The second-order valence-corrected chi connectivity index (χ2v) is 12.7. The Morgan fingerprint density at radius 1 is 1.02 bits per heavy atom. The molecule has 44 heavy (non-hydrogen) atoms. The second kappa shape index (κ2) is 12.0. The fourth-order valence-corrected chi connectivity index (χ4v) is 7.26. The van der Waals surface area contributed by atoms with Gasteiger partial charge in [-0.15, -0.1) is 0 Å². The van der Waals surface area contributed by atoms with E-state index in [0.29, 0.717) is 56.2 Å². The number of carbonyl (C=O) groups is 1. The lowest BCUT2D eigenvalue weighted by atomic mass is 9.73. The van der Waals surface area contributed by atoms with Crippen LogP contribution in [0.4, 0.5) is 23.2 Å². The molecule has 10 heteroatoms. The molecule has 0 bridgehead atoms. The van der Waals surface area contributed by atoms with Crippen LogP contribution in [0.2, 0.25) is 0 Å². The summed E-state index contributed by atoms with van der Waals surface area (Å²) in [7, 11) is 0. The van der Waals surface area contributed by atoms with E-state index in [1.165, 1.54) is 17.0 Å². The van der Waals surface area contributed by atoms with Gasteiger partial charge in [0.25, 0.3) is 5.92 Å². The van der Waals surface area contributed by atoms with Crippen molar-refractivity contribution in [2.75, 3.05) is 50.7 Å². The number of likely N-dealkylation sites (tertiary alicyclic amines) is 1. The first kappa shape index (κ1) is 30.4. The number of fused-ring (bicyclic) bond motifs is 1. The number of carboxylic acid groups (broad SMARTS) is 1. The van der Waals surface area contributed by atoms with Gasteiger partial charge in [-0.25, -0.2) is 17.6 Å². The first-order chi connectivity index (χ1) is 21.0. The molecule has 0 amide bonds. The van der Waals surface area contributed by atoms with Crippen LogP contribution in [0.25, 0.3) is 0 Å². The number of anilines is 1. The van der Waals surface area contributed by atoms with Gasteiger partial charge < -0.3 is 14.7 Å². The molecule has 1 atom stereocenters. The van der Waals surface area contributed by atoms with E-state index >= 15 is 8.78 Å². The summed E-state index contributed by atoms with van der Waals surface area (Å²) in [6, 6.07) is 16.6. The normalized spacial score (nSPS) is 20.3. The van der Waals surface area contributed by atoms with Crippen molar-refractivity contribution in [3.63, 3.8) is 0 Å². The summed E-state index contributed by atoms with van der Waals surface area (Å²) in [4.78, 5) is 16.4. The van der Waals surface area contributed by atoms with E-state index in [1.54, 1.807) is 12.1 Å². The number of hydrogen-bond donors (Lipinski definition) is 1. The molecule has 3 heterocycles. The summed E-state index contributed by atoms with van der Waals surface area (Å²) >= 11 is 0. The summed E-state index contributed by atoms with van der Waals surface area (Å²) in [6.07, 6.45) is 2.20. The Hall–Kier alpha value is -3.63. The van der Waals surface area contributed by atoms with Crippen molar-refractivity contribution in [1.29, 1.82) is 0 Å². The monoisotopic (exact) mass is 611 g/mol. The van der Waals surface area contributed by atoms with Crippen molar-refractivity contribution in [2.45, 2.75) is 44.8 Å². The average molecular weight is 612 g/mol. The number of carboxylic acids is 1. The van der Waals surface area contributed by atoms with Crippen LogP contribution in [0.3, 0.4) is 0 Å². The lowest BCUT2D eigenvalue weighted by molar-refractivity contribution is -0.142. The number of ether oxygens (including phenoxy) is 1. The number of aliphatic carboxylic acids is 1. The quantitative estimate of drug-likeness (QED) is 0.294. The third-order valence-electron chi connectivity index (χ3n) is 9.01. The third kappa shape index (κ3) is 6.56. The van der Waals surface area contributed by atoms with Crippen LogP contribution in [0.1, 0.15) is 48.1 Å². The molecule has 0 saturated carbocycles. The molecule has 3 aliphatic heterocycles. The number of nitrogens with zero attached hydrogens (tertiary/aromatic N) is 3. The molecule has 2 saturated heterocycles. The van der Waals surface area contributed by atoms with Crippen LogP contribution in [-0.4, -0.2) is 72.6 Å². The molecule has 6 nitrogen and oxygen atoms in total. The van der Waals surface area contributed by atoms with Gasteiger partial charge in [-0.1, -0.05) is 36.4 Å². The van der Waals surface area contributed by atoms with E-state index in [9.17, 15) is 13.6 Å². The van der Waals surface area contributed by atoms with Crippen molar-refractivity contribution >= 4 is 11.7 Å².